The van der Waals surface area contributed by atoms with Crippen molar-refractivity contribution in [2.45, 2.75) is 51.2 Å². The van der Waals surface area contributed by atoms with Crippen LogP contribution in [0.1, 0.15) is 38.2 Å². The lowest BCUT2D eigenvalue weighted by atomic mass is 10.1. The van der Waals surface area contributed by atoms with Crippen molar-refractivity contribution in [2.75, 3.05) is 29.1 Å². The minimum absolute atomic E-state index is 0.0779. The predicted octanol–water partition coefficient (Wildman–Crippen LogP) is 4.95. The number of rotatable bonds is 7. The van der Waals surface area contributed by atoms with Crippen molar-refractivity contribution in [3.8, 4) is 0 Å². The standard InChI is InChI=1S/C22H26ClN5O2S2/c1-3-9-28-20(30)18-19(25-21(32-18)27-10-5-4-6-11-27)26-22(28)31-13-17(29)24-15-8-7-14(2)16(23)12-15/h7-8,12H,3-6,9-11,13H2,1-2H3,(H,24,29). The molecule has 1 saturated heterocycles. The van der Waals surface area contributed by atoms with Gasteiger partial charge < -0.3 is 10.2 Å². The number of thiazole rings is 1. The molecule has 1 amide bonds. The van der Waals surface area contributed by atoms with E-state index >= 15 is 0 Å². The molecule has 1 N–H and O–H groups in total. The van der Waals surface area contributed by atoms with E-state index in [0.717, 1.165) is 43.0 Å². The molecule has 0 radical (unpaired) electrons. The molecular formula is C22H26ClN5O2S2. The Morgan fingerprint density at radius 3 is 2.75 bits per heavy atom. The summed E-state index contributed by atoms with van der Waals surface area (Å²) in [6.07, 6.45) is 4.32. The van der Waals surface area contributed by atoms with Crippen molar-refractivity contribution in [2.24, 2.45) is 0 Å². The van der Waals surface area contributed by atoms with Gasteiger partial charge in [-0.25, -0.2) is 4.98 Å². The van der Waals surface area contributed by atoms with Gasteiger partial charge in [-0.3, -0.25) is 14.2 Å². The van der Waals surface area contributed by atoms with Gasteiger partial charge in [0.1, 0.15) is 4.70 Å². The summed E-state index contributed by atoms with van der Waals surface area (Å²) in [5, 5.41) is 4.84. The van der Waals surface area contributed by atoms with Gasteiger partial charge in [0.25, 0.3) is 5.56 Å². The molecule has 0 bridgehead atoms. The lowest BCUT2D eigenvalue weighted by Gasteiger charge is -2.25. The van der Waals surface area contributed by atoms with Gasteiger partial charge in [0, 0.05) is 30.3 Å². The summed E-state index contributed by atoms with van der Waals surface area (Å²) in [6.45, 7) is 6.41. The van der Waals surface area contributed by atoms with E-state index in [1.165, 1.54) is 29.5 Å². The summed E-state index contributed by atoms with van der Waals surface area (Å²) in [7, 11) is 0. The second kappa shape index (κ2) is 10.2. The highest BCUT2D eigenvalue weighted by molar-refractivity contribution is 7.99. The largest absolute Gasteiger partial charge is 0.348 e. The summed E-state index contributed by atoms with van der Waals surface area (Å²) in [6, 6.07) is 5.41. The molecule has 3 heterocycles. The fourth-order valence-electron chi connectivity index (χ4n) is 3.63. The van der Waals surface area contributed by atoms with Crippen LogP contribution in [0.4, 0.5) is 10.8 Å². The average Bonchev–Trinajstić information content (AvgIpc) is 3.22. The number of aryl methyl sites for hydroxylation is 1. The maximum atomic E-state index is 13.2. The van der Waals surface area contributed by atoms with Gasteiger partial charge in [-0.15, -0.1) is 0 Å². The van der Waals surface area contributed by atoms with Gasteiger partial charge in [-0.1, -0.05) is 47.7 Å². The van der Waals surface area contributed by atoms with Crippen molar-refractivity contribution in [1.82, 2.24) is 14.5 Å². The van der Waals surface area contributed by atoms with Gasteiger partial charge in [0.15, 0.2) is 15.9 Å². The monoisotopic (exact) mass is 491 g/mol. The molecule has 7 nitrogen and oxygen atoms in total. The number of carbonyl (C=O) groups is 1. The van der Waals surface area contributed by atoms with Gasteiger partial charge in [-0.2, -0.15) is 4.98 Å². The van der Waals surface area contributed by atoms with E-state index in [2.05, 4.69) is 20.2 Å². The van der Waals surface area contributed by atoms with E-state index in [4.69, 9.17) is 11.6 Å². The van der Waals surface area contributed by atoms with Crippen LogP contribution in [-0.4, -0.2) is 39.3 Å². The van der Waals surface area contributed by atoms with Crippen LogP contribution in [0.15, 0.2) is 28.2 Å². The lowest BCUT2D eigenvalue weighted by Crippen LogP contribution is -2.29. The van der Waals surface area contributed by atoms with E-state index in [-0.39, 0.29) is 17.2 Å². The smallest absolute Gasteiger partial charge is 0.273 e. The lowest BCUT2D eigenvalue weighted by molar-refractivity contribution is -0.113. The zero-order chi connectivity index (χ0) is 22.7. The molecular weight excluding hydrogens is 466 g/mol. The molecule has 1 fully saturated rings. The van der Waals surface area contributed by atoms with Gasteiger partial charge in [0.2, 0.25) is 5.91 Å². The van der Waals surface area contributed by atoms with E-state index in [0.29, 0.717) is 32.8 Å². The summed E-state index contributed by atoms with van der Waals surface area (Å²) in [4.78, 5) is 37.3. The van der Waals surface area contributed by atoms with Crippen molar-refractivity contribution in [1.29, 1.82) is 0 Å². The van der Waals surface area contributed by atoms with Gasteiger partial charge >= 0.3 is 0 Å². The number of halogens is 1. The Bertz CT molecular complexity index is 1190. The first-order valence-electron chi connectivity index (χ1n) is 10.8. The summed E-state index contributed by atoms with van der Waals surface area (Å²) in [5.41, 5.74) is 1.99. The molecule has 1 aliphatic heterocycles. The molecule has 4 rings (SSSR count). The Morgan fingerprint density at radius 1 is 1.25 bits per heavy atom. The van der Waals surface area contributed by atoms with Crippen LogP contribution in [0.5, 0.6) is 0 Å². The number of carbonyl (C=O) groups excluding carboxylic acids is 1. The van der Waals surface area contributed by atoms with Gasteiger partial charge in [-0.05, 0) is 50.3 Å². The Morgan fingerprint density at radius 2 is 2.03 bits per heavy atom. The highest BCUT2D eigenvalue weighted by Crippen LogP contribution is 2.29. The number of nitrogens with one attached hydrogen (secondary N) is 1. The normalized spacial score (nSPS) is 14.2. The predicted molar refractivity (Wildman–Crippen MR) is 134 cm³/mol. The third-order valence-electron chi connectivity index (χ3n) is 5.33. The minimum Gasteiger partial charge on any atom is -0.348 e. The van der Waals surface area contributed by atoms with Crippen molar-refractivity contribution < 1.29 is 4.79 Å². The van der Waals surface area contributed by atoms with Crippen molar-refractivity contribution in [3.05, 3.63) is 39.1 Å². The number of nitrogens with zero attached hydrogens (tertiary/aromatic N) is 4. The first-order valence-corrected chi connectivity index (χ1v) is 13.0. The van der Waals surface area contributed by atoms with Crippen LogP contribution in [-0.2, 0) is 11.3 Å². The number of amides is 1. The first kappa shape index (κ1) is 23.1. The van der Waals surface area contributed by atoms with Crippen molar-refractivity contribution in [3.63, 3.8) is 0 Å². The van der Waals surface area contributed by atoms with Crippen LogP contribution in [0.2, 0.25) is 5.02 Å². The number of fused-ring (bicyclic) bond motifs is 1. The highest BCUT2D eigenvalue weighted by Gasteiger charge is 2.20. The van der Waals surface area contributed by atoms with E-state index in [9.17, 15) is 9.59 Å². The van der Waals surface area contributed by atoms with Crippen molar-refractivity contribution >= 4 is 61.8 Å². The quantitative estimate of drug-likeness (QED) is 0.372. The first-order chi connectivity index (χ1) is 15.5. The number of benzene rings is 1. The maximum absolute atomic E-state index is 13.2. The Balaban J connectivity index is 1.54. The van der Waals surface area contributed by atoms with E-state index in [1.807, 2.05) is 26.0 Å². The fraction of sp³-hybridized carbons (Fsp3) is 0.455. The van der Waals surface area contributed by atoms with Crippen LogP contribution in [0.3, 0.4) is 0 Å². The molecule has 32 heavy (non-hydrogen) atoms. The molecule has 10 heteroatoms. The molecule has 1 aromatic carbocycles. The minimum atomic E-state index is -0.181. The summed E-state index contributed by atoms with van der Waals surface area (Å²) in [5.74, 6) is -0.0457. The second-order valence-corrected chi connectivity index (χ2v) is 10.2. The molecule has 0 spiro atoms. The number of thioether (sulfide) groups is 1. The summed E-state index contributed by atoms with van der Waals surface area (Å²) >= 11 is 8.82. The number of piperidine rings is 1. The third-order valence-corrected chi connectivity index (χ3v) is 7.81. The topological polar surface area (TPSA) is 80.1 Å². The second-order valence-electron chi connectivity index (χ2n) is 7.85. The molecule has 170 valence electrons. The zero-order valence-corrected chi connectivity index (χ0v) is 20.6. The van der Waals surface area contributed by atoms with Crippen LogP contribution >= 0.6 is 34.7 Å². The average molecular weight is 492 g/mol. The van der Waals surface area contributed by atoms with Crippen LogP contribution < -0.4 is 15.8 Å². The van der Waals surface area contributed by atoms with E-state index < -0.39 is 0 Å². The van der Waals surface area contributed by atoms with E-state index in [1.54, 1.807) is 10.6 Å². The number of anilines is 2. The van der Waals surface area contributed by atoms with Crippen LogP contribution in [0, 0.1) is 6.92 Å². The summed E-state index contributed by atoms with van der Waals surface area (Å²) < 4.78 is 2.25. The molecule has 0 atom stereocenters. The highest BCUT2D eigenvalue weighted by atomic mass is 35.5. The number of aromatic nitrogens is 3. The Kier molecular flexibility index (Phi) is 7.37. The molecule has 3 aromatic rings. The third kappa shape index (κ3) is 5.10. The maximum Gasteiger partial charge on any atom is 0.273 e. The Labute approximate surface area is 200 Å². The van der Waals surface area contributed by atoms with Crippen LogP contribution in [0.25, 0.3) is 10.3 Å². The number of hydrogen-bond donors (Lipinski definition) is 1. The SMILES string of the molecule is CCCn1c(SCC(=O)Nc2ccc(C)c(Cl)c2)nc2nc(N3CCCCC3)sc2c1=O. The molecule has 2 aromatic heterocycles. The molecule has 0 saturated carbocycles. The molecule has 0 aliphatic carbocycles. The fourth-order valence-corrected chi connectivity index (χ4v) is 5.63. The Hall–Kier alpha value is -2.10. The molecule has 1 aliphatic rings. The number of hydrogen-bond acceptors (Lipinski definition) is 7. The molecule has 0 unspecified atom stereocenters. The van der Waals surface area contributed by atoms with Gasteiger partial charge in [0.05, 0.1) is 5.75 Å². The zero-order valence-electron chi connectivity index (χ0n) is 18.2.